The number of nitrogens with one attached hydrogen (secondary N) is 1. The number of nitrogens with zero attached hydrogens (tertiary/aromatic N) is 1. The molecule has 0 radical (unpaired) electrons. The van der Waals surface area contributed by atoms with Crippen LogP contribution in [0.25, 0.3) is 0 Å². The first-order valence-electron chi connectivity index (χ1n) is 6.14. The second-order valence-electron chi connectivity index (χ2n) is 5.07. The average molecular weight is 238 g/mol. The van der Waals surface area contributed by atoms with Gasteiger partial charge in [-0.05, 0) is 57.3 Å². The van der Waals surface area contributed by atoms with E-state index in [1.165, 1.54) is 19.3 Å². The molecule has 0 aliphatic heterocycles. The number of hydrogen-bond acceptors (Lipinski definition) is 3. The first-order chi connectivity index (χ1) is 7.66. The van der Waals surface area contributed by atoms with E-state index in [1.54, 1.807) is 10.4 Å². The molecule has 0 bridgehead atoms. The average Bonchev–Trinajstić information content (AvgIpc) is 2.65. The summed E-state index contributed by atoms with van der Waals surface area (Å²) < 4.78 is 0. The van der Waals surface area contributed by atoms with Crippen molar-refractivity contribution in [1.82, 2.24) is 10.2 Å². The lowest BCUT2D eigenvalue weighted by Gasteiger charge is -2.28. The van der Waals surface area contributed by atoms with Gasteiger partial charge in [-0.3, -0.25) is 0 Å². The van der Waals surface area contributed by atoms with Crippen molar-refractivity contribution in [2.75, 3.05) is 20.6 Å². The van der Waals surface area contributed by atoms with Crippen LogP contribution in [0, 0.1) is 0 Å². The Kier molecular flexibility index (Phi) is 4.00. The Morgan fingerprint density at radius 3 is 3.12 bits per heavy atom. The molecule has 90 valence electrons. The molecule has 0 saturated heterocycles. The van der Waals surface area contributed by atoms with Gasteiger partial charge >= 0.3 is 0 Å². The van der Waals surface area contributed by atoms with Gasteiger partial charge in [-0.1, -0.05) is 0 Å². The van der Waals surface area contributed by atoms with Gasteiger partial charge in [0, 0.05) is 23.5 Å². The van der Waals surface area contributed by atoms with Gasteiger partial charge in [-0.25, -0.2) is 0 Å². The van der Waals surface area contributed by atoms with Crippen LogP contribution in [0.5, 0.6) is 0 Å². The Morgan fingerprint density at radius 1 is 1.56 bits per heavy atom. The molecule has 0 spiro atoms. The molecule has 0 amide bonds. The van der Waals surface area contributed by atoms with Gasteiger partial charge in [0.15, 0.2) is 0 Å². The lowest BCUT2D eigenvalue weighted by atomic mass is 9.93. The fourth-order valence-corrected chi connectivity index (χ4v) is 3.59. The summed E-state index contributed by atoms with van der Waals surface area (Å²) in [7, 11) is 4.27. The van der Waals surface area contributed by atoms with Crippen LogP contribution in [0.4, 0.5) is 0 Å². The Balaban J connectivity index is 1.97. The van der Waals surface area contributed by atoms with Crippen molar-refractivity contribution in [2.45, 2.75) is 38.3 Å². The number of thiophene rings is 1. The molecule has 16 heavy (non-hydrogen) atoms. The third-order valence-electron chi connectivity index (χ3n) is 3.18. The molecule has 0 saturated carbocycles. The molecule has 1 heterocycles. The zero-order chi connectivity index (χ0) is 11.5. The van der Waals surface area contributed by atoms with Crippen LogP contribution in [0.15, 0.2) is 11.4 Å². The van der Waals surface area contributed by atoms with Gasteiger partial charge in [-0.15, -0.1) is 11.3 Å². The van der Waals surface area contributed by atoms with Gasteiger partial charge < -0.3 is 10.2 Å². The number of fused-ring (bicyclic) bond motifs is 1. The van der Waals surface area contributed by atoms with Crippen molar-refractivity contribution < 1.29 is 0 Å². The summed E-state index contributed by atoms with van der Waals surface area (Å²) in [6, 6.07) is 3.45. The third kappa shape index (κ3) is 2.84. The van der Waals surface area contributed by atoms with Crippen molar-refractivity contribution >= 4 is 11.3 Å². The van der Waals surface area contributed by atoms with Crippen LogP contribution in [-0.2, 0) is 6.42 Å². The Morgan fingerprint density at radius 2 is 2.38 bits per heavy atom. The molecule has 1 aromatic heterocycles. The van der Waals surface area contributed by atoms with E-state index in [0.717, 1.165) is 6.54 Å². The van der Waals surface area contributed by atoms with Crippen molar-refractivity contribution in [3.63, 3.8) is 0 Å². The van der Waals surface area contributed by atoms with Crippen LogP contribution in [0.3, 0.4) is 0 Å². The molecule has 2 unspecified atom stereocenters. The second-order valence-corrected chi connectivity index (χ2v) is 6.07. The predicted octanol–water partition coefficient (Wildman–Crippen LogP) is 2.67. The van der Waals surface area contributed by atoms with E-state index < -0.39 is 0 Å². The van der Waals surface area contributed by atoms with Crippen molar-refractivity contribution in [1.29, 1.82) is 0 Å². The lowest BCUT2D eigenvalue weighted by molar-refractivity contribution is 0.318. The Labute approximate surface area is 103 Å². The van der Waals surface area contributed by atoms with E-state index in [9.17, 15) is 0 Å². The van der Waals surface area contributed by atoms with Crippen LogP contribution >= 0.6 is 11.3 Å². The Bertz CT molecular complexity index is 332. The summed E-state index contributed by atoms with van der Waals surface area (Å²) in [5, 5.41) is 5.99. The standard InChI is InChI=1S/C13H22N2S/c1-10(9-15(2)3)14-12-5-4-6-13-11(12)7-8-16-13/h7-8,10,12,14H,4-6,9H2,1-3H3. The van der Waals surface area contributed by atoms with Gasteiger partial charge in [0.2, 0.25) is 0 Å². The monoisotopic (exact) mass is 238 g/mol. The van der Waals surface area contributed by atoms with Gasteiger partial charge in [0.05, 0.1) is 0 Å². The van der Waals surface area contributed by atoms with Crippen LogP contribution in [-0.4, -0.2) is 31.6 Å². The maximum atomic E-state index is 3.76. The van der Waals surface area contributed by atoms with E-state index in [1.807, 2.05) is 11.3 Å². The largest absolute Gasteiger partial charge is 0.308 e. The quantitative estimate of drug-likeness (QED) is 0.867. The van der Waals surface area contributed by atoms with E-state index in [0.29, 0.717) is 12.1 Å². The third-order valence-corrected chi connectivity index (χ3v) is 4.17. The molecule has 3 heteroatoms. The maximum absolute atomic E-state index is 3.76. The fourth-order valence-electron chi connectivity index (χ4n) is 2.60. The molecule has 2 atom stereocenters. The van der Waals surface area contributed by atoms with Gasteiger partial charge in [-0.2, -0.15) is 0 Å². The Hall–Kier alpha value is -0.380. The number of aryl methyl sites for hydroxylation is 1. The predicted molar refractivity (Wildman–Crippen MR) is 71.1 cm³/mol. The minimum atomic E-state index is 0.561. The number of hydrogen-bond donors (Lipinski definition) is 1. The van der Waals surface area contributed by atoms with Gasteiger partial charge in [0.1, 0.15) is 0 Å². The molecule has 1 aromatic rings. The number of likely N-dealkylation sites (N-methyl/N-ethyl adjacent to an activating group) is 1. The summed E-state index contributed by atoms with van der Waals surface area (Å²) in [6.07, 6.45) is 3.91. The normalized spacial score (nSPS) is 22.1. The SMILES string of the molecule is CC(CN(C)C)NC1CCCc2sccc21. The summed E-state index contributed by atoms with van der Waals surface area (Å²) in [6.45, 7) is 3.39. The van der Waals surface area contributed by atoms with Crippen molar-refractivity contribution in [3.8, 4) is 0 Å². The molecule has 2 nitrogen and oxygen atoms in total. The maximum Gasteiger partial charge on any atom is 0.0334 e. The van der Waals surface area contributed by atoms with E-state index in [-0.39, 0.29) is 0 Å². The van der Waals surface area contributed by atoms with Crippen LogP contribution in [0.2, 0.25) is 0 Å². The summed E-state index contributed by atoms with van der Waals surface area (Å²) in [4.78, 5) is 3.84. The molecule has 1 aliphatic carbocycles. The van der Waals surface area contributed by atoms with Crippen LogP contribution < -0.4 is 5.32 Å². The minimum absolute atomic E-state index is 0.561. The highest BCUT2D eigenvalue weighted by atomic mass is 32.1. The first-order valence-corrected chi connectivity index (χ1v) is 7.02. The van der Waals surface area contributed by atoms with E-state index >= 15 is 0 Å². The van der Waals surface area contributed by atoms with Gasteiger partial charge in [0.25, 0.3) is 0 Å². The summed E-state index contributed by atoms with van der Waals surface area (Å²) >= 11 is 1.92. The second kappa shape index (κ2) is 5.30. The highest BCUT2D eigenvalue weighted by Gasteiger charge is 2.22. The number of rotatable bonds is 4. The molecule has 1 N–H and O–H groups in total. The van der Waals surface area contributed by atoms with E-state index in [2.05, 4.69) is 42.7 Å². The first kappa shape index (κ1) is 12.1. The smallest absolute Gasteiger partial charge is 0.0334 e. The molecule has 1 aliphatic rings. The fraction of sp³-hybridized carbons (Fsp3) is 0.692. The zero-order valence-corrected chi connectivity index (χ0v) is 11.3. The molecular formula is C13H22N2S. The van der Waals surface area contributed by atoms with E-state index in [4.69, 9.17) is 0 Å². The van der Waals surface area contributed by atoms with Crippen LogP contribution in [0.1, 0.15) is 36.2 Å². The summed E-state index contributed by atoms with van der Waals surface area (Å²) in [5.74, 6) is 0. The zero-order valence-electron chi connectivity index (χ0n) is 10.5. The summed E-state index contributed by atoms with van der Waals surface area (Å²) in [5.41, 5.74) is 1.56. The molecule has 2 rings (SSSR count). The molecule has 0 fully saturated rings. The molecular weight excluding hydrogens is 216 g/mol. The topological polar surface area (TPSA) is 15.3 Å². The molecule has 0 aromatic carbocycles. The lowest BCUT2D eigenvalue weighted by Crippen LogP contribution is -2.38. The van der Waals surface area contributed by atoms with Crippen molar-refractivity contribution in [3.05, 3.63) is 21.9 Å². The highest BCUT2D eigenvalue weighted by molar-refractivity contribution is 7.10. The highest BCUT2D eigenvalue weighted by Crippen LogP contribution is 2.33. The van der Waals surface area contributed by atoms with Crippen molar-refractivity contribution in [2.24, 2.45) is 0 Å². The minimum Gasteiger partial charge on any atom is -0.308 e.